The number of carbonyl (C=O) groups excluding carboxylic acids is 1. The standard InChI is InChI=1S/C14H26ClNO2/c1-14(2,3)18-11-13(17)16(10-9-15)12-7-5-4-6-8-12/h12H,4-11H2,1-3H3. The quantitative estimate of drug-likeness (QED) is 0.721. The molecule has 106 valence electrons. The van der Waals surface area contributed by atoms with Crippen molar-refractivity contribution in [2.24, 2.45) is 0 Å². The van der Waals surface area contributed by atoms with E-state index in [1.807, 2.05) is 25.7 Å². The van der Waals surface area contributed by atoms with E-state index >= 15 is 0 Å². The molecule has 1 amide bonds. The van der Waals surface area contributed by atoms with Crippen LogP contribution in [0.15, 0.2) is 0 Å². The predicted octanol–water partition coefficient (Wildman–Crippen LogP) is 3.20. The summed E-state index contributed by atoms with van der Waals surface area (Å²) in [4.78, 5) is 14.1. The van der Waals surface area contributed by atoms with Crippen molar-refractivity contribution in [1.82, 2.24) is 4.90 Å². The molecule has 0 radical (unpaired) electrons. The summed E-state index contributed by atoms with van der Waals surface area (Å²) in [6, 6.07) is 0.369. The lowest BCUT2D eigenvalue weighted by molar-refractivity contribution is -0.143. The fourth-order valence-electron chi connectivity index (χ4n) is 2.36. The van der Waals surface area contributed by atoms with Crippen LogP contribution in [0.3, 0.4) is 0 Å². The van der Waals surface area contributed by atoms with Crippen LogP contribution >= 0.6 is 11.6 Å². The van der Waals surface area contributed by atoms with Gasteiger partial charge in [-0.05, 0) is 33.6 Å². The molecule has 0 atom stereocenters. The highest BCUT2D eigenvalue weighted by molar-refractivity contribution is 6.18. The first-order chi connectivity index (χ1) is 8.44. The first-order valence-corrected chi connectivity index (χ1v) is 7.47. The van der Waals surface area contributed by atoms with Gasteiger partial charge in [0, 0.05) is 18.5 Å². The second kappa shape index (κ2) is 7.34. The first-order valence-electron chi connectivity index (χ1n) is 6.93. The topological polar surface area (TPSA) is 29.5 Å². The van der Waals surface area contributed by atoms with Gasteiger partial charge in [0.1, 0.15) is 6.61 Å². The number of rotatable bonds is 5. The third-order valence-corrected chi connectivity index (χ3v) is 3.46. The smallest absolute Gasteiger partial charge is 0.248 e. The van der Waals surface area contributed by atoms with E-state index in [0.717, 1.165) is 12.8 Å². The van der Waals surface area contributed by atoms with Crippen molar-refractivity contribution in [3.63, 3.8) is 0 Å². The maximum Gasteiger partial charge on any atom is 0.248 e. The summed E-state index contributed by atoms with van der Waals surface area (Å²) in [5.74, 6) is 0.579. The summed E-state index contributed by atoms with van der Waals surface area (Å²) in [7, 11) is 0. The van der Waals surface area contributed by atoms with Gasteiger partial charge in [-0.2, -0.15) is 0 Å². The van der Waals surface area contributed by atoms with Crippen molar-refractivity contribution < 1.29 is 9.53 Å². The summed E-state index contributed by atoms with van der Waals surface area (Å²) >= 11 is 5.81. The Hall–Kier alpha value is -0.280. The van der Waals surface area contributed by atoms with Crippen molar-refractivity contribution in [2.75, 3.05) is 19.0 Å². The number of amides is 1. The van der Waals surface area contributed by atoms with Crippen LogP contribution in [0.1, 0.15) is 52.9 Å². The minimum Gasteiger partial charge on any atom is -0.366 e. The van der Waals surface area contributed by atoms with E-state index in [9.17, 15) is 4.79 Å². The molecule has 0 aliphatic heterocycles. The van der Waals surface area contributed by atoms with E-state index in [0.29, 0.717) is 18.5 Å². The number of alkyl halides is 1. The number of carbonyl (C=O) groups is 1. The average Bonchev–Trinajstić information content (AvgIpc) is 2.33. The molecule has 1 saturated carbocycles. The van der Waals surface area contributed by atoms with E-state index in [2.05, 4.69) is 0 Å². The Morgan fingerprint density at radius 2 is 1.89 bits per heavy atom. The van der Waals surface area contributed by atoms with Crippen LogP contribution in [-0.4, -0.2) is 41.5 Å². The van der Waals surface area contributed by atoms with Gasteiger partial charge < -0.3 is 9.64 Å². The highest BCUT2D eigenvalue weighted by Crippen LogP contribution is 2.23. The molecule has 0 spiro atoms. The lowest BCUT2D eigenvalue weighted by atomic mass is 9.94. The Bertz CT molecular complexity index is 257. The van der Waals surface area contributed by atoms with Crippen LogP contribution in [0.5, 0.6) is 0 Å². The van der Waals surface area contributed by atoms with Crippen molar-refractivity contribution in [3.05, 3.63) is 0 Å². The molecule has 1 aliphatic rings. The minimum atomic E-state index is -0.269. The molecule has 0 bridgehead atoms. The summed E-state index contributed by atoms with van der Waals surface area (Å²) < 4.78 is 5.57. The molecule has 0 N–H and O–H groups in total. The number of halogens is 1. The van der Waals surface area contributed by atoms with Gasteiger partial charge in [-0.1, -0.05) is 19.3 Å². The first kappa shape index (κ1) is 15.8. The molecule has 0 unspecified atom stereocenters. The zero-order valence-electron chi connectivity index (χ0n) is 11.9. The predicted molar refractivity (Wildman–Crippen MR) is 75.0 cm³/mol. The Labute approximate surface area is 116 Å². The van der Waals surface area contributed by atoms with Gasteiger partial charge in [-0.15, -0.1) is 11.6 Å². The molecule has 3 nitrogen and oxygen atoms in total. The number of hydrogen-bond acceptors (Lipinski definition) is 2. The SMILES string of the molecule is CC(C)(C)OCC(=O)N(CCCl)C1CCCCC1. The van der Waals surface area contributed by atoms with Crippen molar-refractivity contribution >= 4 is 17.5 Å². The third-order valence-electron chi connectivity index (χ3n) is 3.29. The third kappa shape index (κ3) is 5.57. The van der Waals surface area contributed by atoms with E-state index < -0.39 is 0 Å². The van der Waals surface area contributed by atoms with Gasteiger partial charge in [-0.25, -0.2) is 0 Å². The molecule has 18 heavy (non-hydrogen) atoms. The lowest BCUT2D eigenvalue weighted by Gasteiger charge is -2.34. The van der Waals surface area contributed by atoms with Crippen LogP contribution in [0.4, 0.5) is 0 Å². The Balaban J connectivity index is 2.51. The molecule has 0 aromatic carbocycles. The van der Waals surface area contributed by atoms with Crippen molar-refractivity contribution in [1.29, 1.82) is 0 Å². The molecule has 0 saturated heterocycles. The molecule has 1 rings (SSSR count). The molecule has 0 heterocycles. The average molecular weight is 276 g/mol. The zero-order chi connectivity index (χ0) is 13.6. The van der Waals surface area contributed by atoms with E-state index in [4.69, 9.17) is 16.3 Å². The fourth-order valence-corrected chi connectivity index (χ4v) is 2.54. The molecule has 1 fully saturated rings. The van der Waals surface area contributed by atoms with Crippen molar-refractivity contribution in [2.45, 2.75) is 64.5 Å². The number of nitrogens with zero attached hydrogens (tertiary/aromatic N) is 1. The Kier molecular flexibility index (Phi) is 6.44. The second-order valence-corrected chi connectivity index (χ2v) is 6.35. The van der Waals surface area contributed by atoms with E-state index in [1.54, 1.807) is 0 Å². The molecular weight excluding hydrogens is 250 g/mol. The second-order valence-electron chi connectivity index (χ2n) is 5.97. The zero-order valence-corrected chi connectivity index (χ0v) is 12.6. The lowest BCUT2D eigenvalue weighted by Crippen LogP contribution is -2.45. The van der Waals surface area contributed by atoms with Gasteiger partial charge >= 0.3 is 0 Å². The molecule has 4 heteroatoms. The highest BCUT2D eigenvalue weighted by atomic mass is 35.5. The van der Waals surface area contributed by atoms with Gasteiger partial charge in [0.15, 0.2) is 0 Å². The summed E-state index contributed by atoms with van der Waals surface area (Å²) in [5, 5.41) is 0. The Morgan fingerprint density at radius 3 is 2.39 bits per heavy atom. The van der Waals surface area contributed by atoms with Gasteiger partial charge in [-0.3, -0.25) is 4.79 Å². The van der Waals surface area contributed by atoms with Crippen LogP contribution < -0.4 is 0 Å². The van der Waals surface area contributed by atoms with Gasteiger partial charge in [0.05, 0.1) is 5.60 Å². The van der Waals surface area contributed by atoms with Crippen molar-refractivity contribution in [3.8, 4) is 0 Å². The molecular formula is C14H26ClNO2. The Morgan fingerprint density at radius 1 is 1.28 bits per heavy atom. The van der Waals surface area contributed by atoms with Gasteiger partial charge in [0.2, 0.25) is 5.91 Å². The summed E-state index contributed by atoms with van der Waals surface area (Å²) in [6.45, 7) is 6.70. The van der Waals surface area contributed by atoms with Gasteiger partial charge in [0.25, 0.3) is 0 Å². The number of hydrogen-bond donors (Lipinski definition) is 0. The highest BCUT2D eigenvalue weighted by Gasteiger charge is 2.25. The molecule has 0 aromatic heterocycles. The normalized spacial score (nSPS) is 17.8. The van der Waals surface area contributed by atoms with Crippen LogP contribution in [0.25, 0.3) is 0 Å². The summed E-state index contributed by atoms with van der Waals surface area (Å²) in [6.07, 6.45) is 5.95. The maximum absolute atomic E-state index is 12.2. The monoisotopic (exact) mass is 275 g/mol. The molecule has 0 aromatic rings. The van der Waals surface area contributed by atoms with E-state index in [1.165, 1.54) is 19.3 Å². The van der Waals surface area contributed by atoms with E-state index in [-0.39, 0.29) is 18.1 Å². The fraction of sp³-hybridized carbons (Fsp3) is 0.929. The van der Waals surface area contributed by atoms with Crippen LogP contribution in [0.2, 0.25) is 0 Å². The maximum atomic E-state index is 12.2. The number of ether oxygens (including phenoxy) is 1. The largest absolute Gasteiger partial charge is 0.366 e. The summed E-state index contributed by atoms with van der Waals surface area (Å²) in [5.41, 5.74) is -0.269. The molecule has 1 aliphatic carbocycles. The van der Waals surface area contributed by atoms with Crippen LogP contribution in [-0.2, 0) is 9.53 Å². The van der Waals surface area contributed by atoms with Crippen LogP contribution in [0, 0.1) is 0 Å². The minimum absolute atomic E-state index is 0.0810.